The first kappa shape index (κ1) is 17.9. The second-order valence-corrected chi connectivity index (χ2v) is 9.55. The van der Waals surface area contributed by atoms with Crippen LogP contribution in [0.4, 0.5) is 0 Å². The number of amides is 1. The monoisotopic (exact) mass is 414 g/mol. The Bertz CT molecular complexity index is 722. The first-order valence-electron chi connectivity index (χ1n) is 8.36. The third-order valence-corrected chi connectivity index (χ3v) is 6.06. The fourth-order valence-corrected chi connectivity index (χ4v) is 4.45. The molecule has 1 heterocycles. The largest absolute Gasteiger partial charge is 0.338 e. The third-order valence-electron chi connectivity index (χ3n) is 4.88. The van der Waals surface area contributed by atoms with Gasteiger partial charge in [0, 0.05) is 29.5 Å². The van der Waals surface area contributed by atoms with E-state index in [0.717, 1.165) is 43.0 Å². The van der Waals surface area contributed by atoms with Gasteiger partial charge in [0.05, 0.1) is 6.26 Å². The van der Waals surface area contributed by atoms with Crippen LogP contribution in [0, 0.1) is 5.92 Å². The van der Waals surface area contributed by atoms with Crippen LogP contribution in [-0.2, 0) is 14.8 Å². The average Bonchev–Trinajstić information content (AvgIpc) is 3.32. The van der Waals surface area contributed by atoms with Gasteiger partial charge in [-0.3, -0.25) is 4.79 Å². The number of hydrogen-bond acceptors (Lipinski definition) is 3. The fraction of sp³-hybridized carbons (Fsp3) is 0.588. The molecule has 1 saturated carbocycles. The lowest BCUT2D eigenvalue weighted by molar-refractivity contribution is -0.136. The highest BCUT2D eigenvalue weighted by Crippen LogP contribution is 2.49. The molecule has 1 aliphatic heterocycles. The molecular weight excluding hydrogens is 392 g/mol. The summed E-state index contributed by atoms with van der Waals surface area (Å²) < 4.78 is 26.3. The second kappa shape index (κ2) is 7.14. The van der Waals surface area contributed by atoms with E-state index >= 15 is 0 Å². The summed E-state index contributed by atoms with van der Waals surface area (Å²) in [6.07, 6.45) is 4.95. The molecule has 0 radical (unpaired) electrons. The molecule has 1 saturated heterocycles. The smallest absolute Gasteiger partial charge is 0.226 e. The van der Waals surface area contributed by atoms with Crippen molar-refractivity contribution in [2.75, 3.05) is 19.3 Å². The van der Waals surface area contributed by atoms with Gasteiger partial charge in [0.2, 0.25) is 15.9 Å². The highest BCUT2D eigenvalue weighted by molar-refractivity contribution is 9.10. The number of halogens is 1. The molecular formula is C17H23BrN2O3S. The standard InChI is InChI=1S/C17H23BrN2O3S/c1-24(22,23)19-11-14-7-2-3-8-20(14)17(21)16-10-15(16)12-5-4-6-13(18)9-12/h4-6,9,14-16,19H,2-3,7-8,10-11H2,1H3. The summed E-state index contributed by atoms with van der Waals surface area (Å²) in [4.78, 5) is 14.8. The van der Waals surface area contributed by atoms with Crippen molar-refractivity contribution in [2.45, 2.75) is 37.6 Å². The molecule has 2 aliphatic rings. The lowest BCUT2D eigenvalue weighted by Gasteiger charge is -2.36. The molecule has 24 heavy (non-hydrogen) atoms. The van der Waals surface area contributed by atoms with Crippen molar-refractivity contribution < 1.29 is 13.2 Å². The van der Waals surface area contributed by atoms with Crippen molar-refractivity contribution in [3.8, 4) is 0 Å². The average molecular weight is 415 g/mol. The Kier molecular flexibility index (Phi) is 5.32. The zero-order valence-electron chi connectivity index (χ0n) is 13.7. The maximum atomic E-state index is 12.9. The van der Waals surface area contributed by atoms with Crippen LogP contribution in [0.5, 0.6) is 0 Å². The number of likely N-dealkylation sites (tertiary alicyclic amines) is 1. The molecule has 0 aromatic heterocycles. The minimum absolute atomic E-state index is 0.0234. The van der Waals surface area contributed by atoms with Crippen LogP contribution in [0.1, 0.15) is 37.2 Å². The van der Waals surface area contributed by atoms with Gasteiger partial charge in [-0.15, -0.1) is 0 Å². The summed E-state index contributed by atoms with van der Waals surface area (Å²) >= 11 is 3.48. The van der Waals surface area contributed by atoms with E-state index in [1.165, 1.54) is 5.56 Å². The minimum atomic E-state index is -3.23. The summed E-state index contributed by atoms with van der Waals surface area (Å²) in [5.41, 5.74) is 1.20. The van der Waals surface area contributed by atoms with Gasteiger partial charge in [0.25, 0.3) is 0 Å². The van der Waals surface area contributed by atoms with Gasteiger partial charge in [-0.2, -0.15) is 0 Å². The molecule has 3 atom stereocenters. The minimum Gasteiger partial charge on any atom is -0.338 e. The van der Waals surface area contributed by atoms with Gasteiger partial charge in [0.1, 0.15) is 0 Å². The Balaban J connectivity index is 1.65. The van der Waals surface area contributed by atoms with Crippen LogP contribution in [0.2, 0.25) is 0 Å². The number of piperidine rings is 1. The summed E-state index contributed by atoms with van der Waals surface area (Å²) in [7, 11) is -3.23. The SMILES string of the molecule is CS(=O)(=O)NCC1CCCCN1C(=O)C1CC1c1cccc(Br)c1. The van der Waals surface area contributed by atoms with E-state index in [-0.39, 0.29) is 17.9 Å². The van der Waals surface area contributed by atoms with Crippen molar-refractivity contribution in [3.05, 3.63) is 34.3 Å². The zero-order chi connectivity index (χ0) is 17.3. The molecule has 2 fully saturated rings. The quantitative estimate of drug-likeness (QED) is 0.804. The third kappa shape index (κ3) is 4.37. The Labute approximate surface area is 152 Å². The molecule has 1 aliphatic carbocycles. The van der Waals surface area contributed by atoms with E-state index in [1.54, 1.807) is 0 Å². The number of nitrogens with one attached hydrogen (secondary N) is 1. The van der Waals surface area contributed by atoms with E-state index in [0.29, 0.717) is 12.5 Å². The van der Waals surface area contributed by atoms with Gasteiger partial charge in [-0.05, 0) is 49.3 Å². The maximum Gasteiger partial charge on any atom is 0.226 e. The Morgan fingerprint density at radius 2 is 2.17 bits per heavy atom. The molecule has 5 nitrogen and oxygen atoms in total. The van der Waals surface area contributed by atoms with E-state index < -0.39 is 10.0 Å². The molecule has 0 spiro atoms. The van der Waals surface area contributed by atoms with Crippen molar-refractivity contribution >= 4 is 31.9 Å². The molecule has 132 valence electrons. The zero-order valence-corrected chi connectivity index (χ0v) is 16.1. The van der Waals surface area contributed by atoms with E-state index in [2.05, 4.69) is 32.8 Å². The van der Waals surface area contributed by atoms with E-state index in [4.69, 9.17) is 0 Å². The summed E-state index contributed by atoms with van der Waals surface area (Å²) in [6, 6.07) is 8.11. The van der Waals surface area contributed by atoms with Crippen molar-refractivity contribution in [3.63, 3.8) is 0 Å². The van der Waals surface area contributed by atoms with E-state index in [9.17, 15) is 13.2 Å². The Morgan fingerprint density at radius 1 is 1.38 bits per heavy atom. The molecule has 1 aromatic rings. The predicted molar refractivity (Wildman–Crippen MR) is 97.2 cm³/mol. The highest BCUT2D eigenvalue weighted by atomic mass is 79.9. The van der Waals surface area contributed by atoms with Crippen LogP contribution >= 0.6 is 15.9 Å². The molecule has 0 bridgehead atoms. The van der Waals surface area contributed by atoms with Crippen LogP contribution in [0.3, 0.4) is 0 Å². The number of rotatable bonds is 5. The molecule has 1 N–H and O–H groups in total. The number of carbonyl (C=O) groups excluding carboxylic acids is 1. The van der Waals surface area contributed by atoms with Crippen molar-refractivity contribution in [1.82, 2.24) is 9.62 Å². The second-order valence-electron chi connectivity index (χ2n) is 6.81. The topological polar surface area (TPSA) is 66.5 Å². The predicted octanol–water partition coefficient (Wildman–Crippen LogP) is 2.48. The van der Waals surface area contributed by atoms with Gasteiger partial charge in [-0.25, -0.2) is 13.1 Å². The molecule has 1 aromatic carbocycles. The molecule has 3 rings (SSSR count). The normalized spacial score (nSPS) is 27.1. The van der Waals surface area contributed by atoms with E-state index in [1.807, 2.05) is 17.0 Å². The number of nitrogens with zero attached hydrogens (tertiary/aromatic N) is 1. The van der Waals surface area contributed by atoms with Crippen LogP contribution in [0.25, 0.3) is 0 Å². The fourth-order valence-electron chi connectivity index (χ4n) is 3.54. The number of hydrogen-bond donors (Lipinski definition) is 1. The van der Waals surface area contributed by atoms with Gasteiger partial charge >= 0.3 is 0 Å². The highest BCUT2D eigenvalue weighted by Gasteiger charge is 2.47. The van der Waals surface area contributed by atoms with Crippen molar-refractivity contribution in [1.29, 1.82) is 0 Å². The molecule has 3 unspecified atom stereocenters. The number of carbonyl (C=O) groups is 1. The lowest BCUT2D eigenvalue weighted by Crippen LogP contribution is -2.49. The van der Waals surface area contributed by atoms with Gasteiger partial charge in [-0.1, -0.05) is 28.1 Å². The van der Waals surface area contributed by atoms with Crippen LogP contribution in [-0.4, -0.2) is 44.6 Å². The Morgan fingerprint density at radius 3 is 2.88 bits per heavy atom. The summed E-state index contributed by atoms with van der Waals surface area (Å²) in [5, 5.41) is 0. The summed E-state index contributed by atoms with van der Waals surface area (Å²) in [6.45, 7) is 1.05. The number of benzene rings is 1. The Hall–Kier alpha value is -0.920. The van der Waals surface area contributed by atoms with Crippen molar-refractivity contribution in [2.24, 2.45) is 5.92 Å². The first-order chi connectivity index (χ1) is 11.3. The van der Waals surface area contributed by atoms with Gasteiger partial charge in [0.15, 0.2) is 0 Å². The molecule has 7 heteroatoms. The number of sulfonamides is 1. The first-order valence-corrected chi connectivity index (χ1v) is 11.0. The van der Waals surface area contributed by atoms with Crippen LogP contribution < -0.4 is 4.72 Å². The summed E-state index contributed by atoms with van der Waals surface area (Å²) in [5.74, 6) is 0.513. The molecule has 1 amide bonds. The van der Waals surface area contributed by atoms with Crippen LogP contribution in [0.15, 0.2) is 28.7 Å². The maximum absolute atomic E-state index is 12.9. The lowest BCUT2D eigenvalue weighted by atomic mass is 10.0. The van der Waals surface area contributed by atoms with Gasteiger partial charge < -0.3 is 4.90 Å².